The third-order valence-electron chi connectivity index (χ3n) is 6.00. The van der Waals surface area contributed by atoms with Crippen molar-refractivity contribution >= 4 is 21.9 Å². The van der Waals surface area contributed by atoms with Crippen molar-refractivity contribution < 1.29 is 35.5 Å². The van der Waals surface area contributed by atoms with Crippen LogP contribution in [0.25, 0.3) is 21.9 Å². The lowest BCUT2D eigenvalue weighted by Gasteiger charge is -2.37. The normalized spacial score (nSPS) is 23.8. The fourth-order valence-corrected chi connectivity index (χ4v) is 4.40. The number of halogens is 6. The molecule has 4 rings (SSSR count). The van der Waals surface area contributed by atoms with Gasteiger partial charge in [-0.05, 0) is 55.5 Å². The highest BCUT2D eigenvalue weighted by atomic mass is 19.3. The molecule has 0 amide bonds. The lowest BCUT2D eigenvalue weighted by atomic mass is 9.75. The Balaban J connectivity index is 1.70. The molecule has 1 aromatic heterocycles. The van der Waals surface area contributed by atoms with Gasteiger partial charge in [-0.15, -0.1) is 0 Å². The largest absolute Gasteiger partial charge is 0.486 e. The molecule has 0 N–H and O–H groups in total. The molecule has 0 radical (unpaired) electrons. The van der Waals surface area contributed by atoms with Crippen LogP contribution in [0.4, 0.5) is 26.3 Å². The monoisotopic (exact) mass is 456 g/mol. The van der Waals surface area contributed by atoms with Crippen molar-refractivity contribution in [1.29, 1.82) is 0 Å². The number of hydrogen-bond acceptors (Lipinski definition) is 2. The van der Waals surface area contributed by atoms with Crippen molar-refractivity contribution in [3.63, 3.8) is 0 Å². The van der Waals surface area contributed by atoms with E-state index < -0.39 is 54.2 Å². The van der Waals surface area contributed by atoms with Gasteiger partial charge in [0.25, 0.3) is 5.92 Å². The van der Waals surface area contributed by atoms with Gasteiger partial charge in [0.2, 0.25) is 5.82 Å². The van der Waals surface area contributed by atoms with E-state index >= 15 is 4.39 Å². The van der Waals surface area contributed by atoms with Crippen LogP contribution in [-0.2, 0) is 6.42 Å². The van der Waals surface area contributed by atoms with Crippen LogP contribution in [0.3, 0.4) is 0 Å². The van der Waals surface area contributed by atoms with Crippen molar-refractivity contribution in [3.8, 4) is 5.75 Å². The van der Waals surface area contributed by atoms with Crippen molar-refractivity contribution in [2.75, 3.05) is 6.61 Å². The quantitative estimate of drug-likeness (QED) is 0.368. The number of hydrogen-bond donors (Lipinski definition) is 0. The Labute approximate surface area is 180 Å². The molecule has 172 valence electrons. The summed E-state index contributed by atoms with van der Waals surface area (Å²) in [6, 6.07) is 5.55. The van der Waals surface area contributed by atoms with E-state index in [1.807, 2.05) is 0 Å². The summed E-state index contributed by atoms with van der Waals surface area (Å²) in [4.78, 5) is 0. The minimum atomic E-state index is -3.25. The maximum atomic E-state index is 15.2. The second-order valence-corrected chi connectivity index (χ2v) is 8.51. The Morgan fingerprint density at radius 3 is 2.44 bits per heavy atom. The molecular weight excluding hydrogens is 434 g/mol. The smallest absolute Gasteiger partial charge is 0.254 e. The van der Waals surface area contributed by atoms with Gasteiger partial charge in [-0.25, -0.2) is 22.0 Å². The van der Waals surface area contributed by atoms with Crippen molar-refractivity contribution in [1.82, 2.24) is 0 Å². The summed E-state index contributed by atoms with van der Waals surface area (Å²) >= 11 is 0. The molecule has 0 aliphatic heterocycles. The number of furan rings is 1. The average Bonchev–Trinajstić information content (AvgIpc) is 3.07. The molecular formula is C24H22F6O2. The highest BCUT2D eigenvalue weighted by Crippen LogP contribution is 2.45. The number of allylic oxidation sites excluding steroid dienone is 1. The molecule has 3 atom stereocenters. The topological polar surface area (TPSA) is 22.4 Å². The third kappa shape index (κ3) is 4.07. The SMILES string of the molecule is C/C(F)=C/COc1ccc2c(oc3c(F)c(CC4C(F)CC(C)CC4(F)F)ccc32)c1F. The molecule has 1 heterocycles. The lowest BCUT2D eigenvalue weighted by molar-refractivity contribution is -0.129. The van der Waals surface area contributed by atoms with E-state index in [1.165, 1.54) is 31.2 Å². The first-order valence-corrected chi connectivity index (χ1v) is 10.4. The average molecular weight is 456 g/mol. The number of rotatable bonds is 5. The Bertz CT molecular complexity index is 1180. The molecule has 32 heavy (non-hydrogen) atoms. The van der Waals surface area contributed by atoms with Crippen LogP contribution in [0.2, 0.25) is 0 Å². The number of ether oxygens (including phenoxy) is 1. The van der Waals surface area contributed by atoms with Crippen LogP contribution in [0, 0.1) is 23.5 Å². The zero-order valence-electron chi connectivity index (χ0n) is 17.5. The third-order valence-corrected chi connectivity index (χ3v) is 6.00. The zero-order chi connectivity index (χ0) is 23.2. The molecule has 8 heteroatoms. The molecule has 0 spiro atoms. The molecule has 2 aromatic carbocycles. The summed E-state index contributed by atoms with van der Waals surface area (Å²) in [5.74, 6) is -7.85. The van der Waals surface area contributed by atoms with Gasteiger partial charge in [0.05, 0.1) is 11.7 Å². The summed E-state index contributed by atoms with van der Waals surface area (Å²) in [7, 11) is 0. The molecule has 2 nitrogen and oxygen atoms in total. The summed E-state index contributed by atoms with van der Waals surface area (Å²) in [6.45, 7) is 2.58. The van der Waals surface area contributed by atoms with Crippen LogP contribution in [0.1, 0.15) is 32.3 Å². The fourth-order valence-electron chi connectivity index (χ4n) is 4.40. The highest BCUT2D eigenvalue weighted by Gasteiger charge is 2.49. The predicted molar refractivity (Wildman–Crippen MR) is 109 cm³/mol. The standard InChI is InChI=1S/C24H22F6O2/c1-12-9-18(26)17(24(29,30)11-12)10-14-3-4-15-16-5-6-19(31-8-7-13(2)25)21(28)23(16)32-22(15)20(14)27/h3-7,12,17-18H,8-11H2,1-2H3/b13-7-. The molecule has 0 bridgehead atoms. The molecule has 1 fully saturated rings. The van der Waals surface area contributed by atoms with Gasteiger partial charge in [0, 0.05) is 17.2 Å². The second-order valence-electron chi connectivity index (χ2n) is 8.51. The second kappa shape index (κ2) is 8.37. The minimum Gasteiger partial charge on any atom is -0.486 e. The van der Waals surface area contributed by atoms with Crippen LogP contribution in [0.5, 0.6) is 5.75 Å². The Morgan fingerprint density at radius 2 is 1.78 bits per heavy atom. The first kappa shape index (κ1) is 22.6. The van der Waals surface area contributed by atoms with Gasteiger partial charge < -0.3 is 9.15 Å². The highest BCUT2D eigenvalue weighted by molar-refractivity contribution is 6.05. The lowest BCUT2D eigenvalue weighted by Crippen LogP contribution is -2.43. The van der Waals surface area contributed by atoms with E-state index in [1.54, 1.807) is 6.92 Å². The Hall–Kier alpha value is -2.64. The first-order valence-electron chi connectivity index (χ1n) is 10.4. The fraction of sp³-hybridized carbons (Fsp3) is 0.417. The molecule has 1 aliphatic rings. The molecule has 1 aliphatic carbocycles. The minimum absolute atomic E-state index is 0.000134. The van der Waals surface area contributed by atoms with Crippen molar-refractivity contribution in [2.24, 2.45) is 11.8 Å². The van der Waals surface area contributed by atoms with Crippen LogP contribution < -0.4 is 4.74 Å². The van der Waals surface area contributed by atoms with Gasteiger partial charge in [-0.3, -0.25) is 0 Å². The van der Waals surface area contributed by atoms with Gasteiger partial charge >= 0.3 is 0 Å². The molecule has 0 saturated heterocycles. The summed E-state index contributed by atoms with van der Waals surface area (Å²) in [5, 5.41) is 0.528. The maximum Gasteiger partial charge on any atom is 0.254 e. The van der Waals surface area contributed by atoms with Crippen molar-refractivity contribution in [3.05, 3.63) is 53.4 Å². The van der Waals surface area contributed by atoms with E-state index in [4.69, 9.17) is 9.15 Å². The van der Waals surface area contributed by atoms with E-state index in [2.05, 4.69) is 0 Å². The summed E-state index contributed by atoms with van der Waals surface area (Å²) in [6.07, 6.45) is -1.57. The Kier molecular flexibility index (Phi) is 5.90. The van der Waals surface area contributed by atoms with E-state index in [9.17, 15) is 22.0 Å². The summed E-state index contributed by atoms with van der Waals surface area (Å²) < 4.78 is 96.7. The molecule has 1 saturated carbocycles. The first-order chi connectivity index (χ1) is 15.1. The summed E-state index contributed by atoms with van der Waals surface area (Å²) in [5.41, 5.74) is -0.676. The van der Waals surface area contributed by atoms with E-state index in [-0.39, 0.29) is 46.3 Å². The van der Waals surface area contributed by atoms with Gasteiger partial charge in [-0.1, -0.05) is 13.0 Å². The van der Waals surface area contributed by atoms with Gasteiger partial charge in [0.15, 0.2) is 22.7 Å². The maximum absolute atomic E-state index is 15.2. The Morgan fingerprint density at radius 1 is 1.12 bits per heavy atom. The molecule has 3 aromatic rings. The van der Waals surface area contributed by atoms with Crippen LogP contribution in [-0.4, -0.2) is 18.7 Å². The van der Waals surface area contributed by atoms with Gasteiger partial charge in [-0.2, -0.15) is 4.39 Å². The van der Waals surface area contributed by atoms with Gasteiger partial charge in [0.1, 0.15) is 12.8 Å². The number of alkyl halides is 3. The van der Waals surface area contributed by atoms with E-state index in [0.29, 0.717) is 0 Å². The van der Waals surface area contributed by atoms with Crippen LogP contribution in [0.15, 0.2) is 40.6 Å². The van der Waals surface area contributed by atoms with Crippen molar-refractivity contribution in [2.45, 2.75) is 45.2 Å². The molecule has 3 unspecified atom stereocenters. The van der Waals surface area contributed by atoms with E-state index in [0.717, 1.165) is 6.08 Å². The van der Waals surface area contributed by atoms with Crippen LogP contribution >= 0.6 is 0 Å². The number of fused-ring (bicyclic) bond motifs is 3. The number of benzene rings is 2. The predicted octanol–water partition coefficient (Wildman–Crippen LogP) is 7.68. The zero-order valence-corrected chi connectivity index (χ0v) is 17.5.